The first-order chi connectivity index (χ1) is 14.4. The van der Waals surface area contributed by atoms with Crippen LogP contribution in [0.25, 0.3) is 9.75 Å². The summed E-state index contributed by atoms with van der Waals surface area (Å²) in [5.74, 6) is 0. The largest absolute Gasteiger partial charge is 0.194 e. The van der Waals surface area contributed by atoms with Crippen LogP contribution in [0.15, 0.2) is 47.2 Å². The van der Waals surface area contributed by atoms with E-state index in [1.165, 1.54) is 65.0 Å². The number of rotatable bonds is 2. The average Bonchev–Trinajstić information content (AvgIpc) is 3.30. The molecule has 0 radical (unpaired) electrons. The monoisotopic (exact) mass is 424 g/mol. The summed E-state index contributed by atoms with van der Waals surface area (Å²) in [6.45, 7) is 14.3. The molecule has 0 unspecified atom stereocenters. The Morgan fingerprint density at radius 1 is 0.533 bits per heavy atom. The normalized spacial score (nSPS) is 12.9. The minimum atomic E-state index is 0.356. The summed E-state index contributed by atoms with van der Waals surface area (Å²) < 4.78 is 0. The topological polar surface area (TPSA) is 0 Å². The first-order valence-electron chi connectivity index (χ1n) is 10.7. The number of thiophene rings is 2. The molecule has 0 atom stereocenters. The third-order valence-electron chi connectivity index (χ3n) is 6.70. The molecule has 0 fully saturated rings. The maximum atomic E-state index is 2.39. The molecule has 0 N–H and O–H groups in total. The number of hydrogen-bond acceptors (Lipinski definition) is 2. The Hall–Kier alpha value is -2.03. The quantitative estimate of drug-likeness (QED) is 0.412. The molecule has 0 spiro atoms. The molecule has 0 nitrogen and oxygen atoms in total. The van der Waals surface area contributed by atoms with Crippen molar-refractivity contribution in [1.82, 2.24) is 0 Å². The molecule has 0 aliphatic carbocycles. The SMILES string of the molecule is Cc1cc(C)c(B2B(c3c(C)cc(C)cc3C)c3ccsc3-c3sccc32)c(C)c1. The summed E-state index contributed by atoms with van der Waals surface area (Å²) in [5, 5.41) is 4.58. The molecule has 4 aromatic rings. The third-order valence-corrected chi connectivity index (χ3v) is 8.72. The summed E-state index contributed by atoms with van der Waals surface area (Å²) in [6.07, 6.45) is 0. The second-order valence-electron chi connectivity index (χ2n) is 8.99. The van der Waals surface area contributed by atoms with Gasteiger partial charge in [-0.2, -0.15) is 0 Å². The number of fused-ring (bicyclic) bond motifs is 3. The average molecular weight is 424 g/mol. The van der Waals surface area contributed by atoms with Crippen LogP contribution in [-0.2, 0) is 0 Å². The van der Waals surface area contributed by atoms with Crippen LogP contribution in [0, 0.1) is 41.5 Å². The van der Waals surface area contributed by atoms with Gasteiger partial charge in [-0.3, -0.25) is 0 Å². The summed E-state index contributed by atoms with van der Waals surface area (Å²) >= 11 is 3.81. The molecule has 0 saturated carbocycles. The van der Waals surface area contributed by atoms with Crippen molar-refractivity contribution in [3.05, 3.63) is 80.5 Å². The summed E-state index contributed by atoms with van der Waals surface area (Å²) in [5.41, 5.74) is 14.4. The molecule has 148 valence electrons. The van der Waals surface area contributed by atoms with Gasteiger partial charge in [0.2, 0.25) is 0 Å². The van der Waals surface area contributed by atoms with Gasteiger partial charge in [-0.1, -0.05) is 91.6 Å². The minimum absolute atomic E-state index is 0.356. The Morgan fingerprint density at radius 3 is 1.20 bits per heavy atom. The Balaban J connectivity index is 1.86. The van der Waals surface area contributed by atoms with Crippen molar-refractivity contribution in [3.63, 3.8) is 0 Å². The lowest BCUT2D eigenvalue weighted by Gasteiger charge is -2.32. The molecule has 30 heavy (non-hydrogen) atoms. The zero-order chi connectivity index (χ0) is 21.2. The summed E-state index contributed by atoms with van der Waals surface area (Å²) in [6, 6.07) is 14.2. The molecule has 3 heterocycles. The Bertz CT molecular complexity index is 1130. The van der Waals surface area contributed by atoms with Crippen LogP contribution in [0.4, 0.5) is 0 Å². The van der Waals surface area contributed by atoms with E-state index >= 15 is 0 Å². The van der Waals surface area contributed by atoms with Gasteiger partial charge >= 0.3 is 0 Å². The van der Waals surface area contributed by atoms with Crippen molar-refractivity contribution < 1.29 is 0 Å². The predicted octanol–water partition coefficient (Wildman–Crippen LogP) is 4.64. The highest BCUT2D eigenvalue weighted by molar-refractivity contribution is 7.46. The Morgan fingerprint density at radius 2 is 0.867 bits per heavy atom. The van der Waals surface area contributed by atoms with E-state index in [0.717, 1.165) is 0 Å². The lowest BCUT2D eigenvalue weighted by atomic mass is 9.00. The van der Waals surface area contributed by atoms with E-state index in [1.807, 2.05) is 22.7 Å². The van der Waals surface area contributed by atoms with E-state index in [-0.39, 0.29) is 0 Å². The summed E-state index contributed by atoms with van der Waals surface area (Å²) in [7, 11) is 0. The second-order valence-corrected chi connectivity index (χ2v) is 10.8. The van der Waals surface area contributed by atoms with E-state index in [2.05, 4.69) is 88.7 Å². The van der Waals surface area contributed by atoms with Gasteiger partial charge in [0.1, 0.15) is 0 Å². The first-order valence-corrected chi connectivity index (χ1v) is 12.4. The maximum Gasteiger partial charge on any atom is 0.194 e. The number of benzene rings is 2. The molecule has 2 aromatic heterocycles. The van der Waals surface area contributed by atoms with E-state index in [4.69, 9.17) is 0 Å². The molecular formula is C26H26B2S2. The van der Waals surface area contributed by atoms with Gasteiger partial charge in [0.15, 0.2) is 13.2 Å². The van der Waals surface area contributed by atoms with E-state index in [1.54, 1.807) is 0 Å². The van der Waals surface area contributed by atoms with E-state index < -0.39 is 0 Å². The highest BCUT2D eigenvalue weighted by Crippen LogP contribution is 2.32. The van der Waals surface area contributed by atoms with Crippen molar-refractivity contribution in [1.29, 1.82) is 0 Å². The molecule has 0 bridgehead atoms. The van der Waals surface area contributed by atoms with E-state index in [9.17, 15) is 0 Å². The Kier molecular flexibility index (Phi) is 4.83. The first kappa shape index (κ1) is 19.9. The number of aryl methyl sites for hydroxylation is 6. The predicted molar refractivity (Wildman–Crippen MR) is 139 cm³/mol. The van der Waals surface area contributed by atoms with Gasteiger partial charge in [0, 0.05) is 9.75 Å². The molecule has 1 aliphatic heterocycles. The second kappa shape index (κ2) is 7.28. The van der Waals surface area contributed by atoms with Crippen molar-refractivity contribution in [2.24, 2.45) is 0 Å². The van der Waals surface area contributed by atoms with Crippen LogP contribution < -0.4 is 21.9 Å². The van der Waals surface area contributed by atoms with Crippen LogP contribution in [0.3, 0.4) is 0 Å². The molecular weight excluding hydrogens is 398 g/mol. The highest BCUT2D eigenvalue weighted by Gasteiger charge is 2.44. The minimum Gasteiger partial charge on any atom is -0.144 e. The molecule has 5 rings (SSSR count). The fourth-order valence-electron chi connectivity index (χ4n) is 5.86. The van der Waals surface area contributed by atoms with Crippen LogP contribution in [0.1, 0.15) is 33.4 Å². The zero-order valence-electron chi connectivity index (χ0n) is 18.6. The lowest BCUT2D eigenvalue weighted by Crippen LogP contribution is -2.69. The van der Waals surface area contributed by atoms with Crippen LogP contribution >= 0.6 is 22.7 Å². The third kappa shape index (κ3) is 2.96. The highest BCUT2D eigenvalue weighted by atomic mass is 32.1. The van der Waals surface area contributed by atoms with Gasteiger partial charge in [-0.05, 0) is 52.3 Å². The lowest BCUT2D eigenvalue weighted by molar-refractivity contribution is 1.35. The molecule has 0 saturated heterocycles. The van der Waals surface area contributed by atoms with Gasteiger partial charge in [0.05, 0.1) is 0 Å². The molecule has 2 aromatic carbocycles. The van der Waals surface area contributed by atoms with Crippen molar-refractivity contribution in [2.75, 3.05) is 0 Å². The fraction of sp³-hybridized carbons (Fsp3) is 0.231. The molecule has 1 aliphatic rings. The van der Waals surface area contributed by atoms with Gasteiger partial charge < -0.3 is 0 Å². The Labute approximate surface area is 189 Å². The van der Waals surface area contributed by atoms with Gasteiger partial charge in [0.25, 0.3) is 0 Å². The fourth-order valence-corrected chi connectivity index (χ4v) is 7.97. The van der Waals surface area contributed by atoms with E-state index in [0.29, 0.717) is 13.2 Å². The standard InChI is InChI=1S/C26H26B2S2/c1-15-11-17(3)23(18(4)12-15)27-21-7-9-29-25(21)26-22(8-10-30-26)28(27)24-19(5)13-16(2)14-20(24)6/h7-14H,1-6H3. The molecule has 0 amide bonds. The number of hydrogen-bond donors (Lipinski definition) is 0. The van der Waals surface area contributed by atoms with Gasteiger partial charge in [-0.25, -0.2) is 0 Å². The van der Waals surface area contributed by atoms with Crippen LogP contribution in [0.2, 0.25) is 0 Å². The maximum absolute atomic E-state index is 2.39. The van der Waals surface area contributed by atoms with Crippen molar-refractivity contribution >= 4 is 57.7 Å². The van der Waals surface area contributed by atoms with Crippen molar-refractivity contribution in [2.45, 2.75) is 41.5 Å². The van der Waals surface area contributed by atoms with Crippen LogP contribution in [0.5, 0.6) is 0 Å². The van der Waals surface area contributed by atoms with Gasteiger partial charge in [-0.15, -0.1) is 22.7 Å². The summed E-state index contributed by atoms with van der Waals surface area (Å²) in [4.78, 5) is 2.95. The zero-order valence-corrected chi connectivity index (χ0v) is 20.2. The van der Waals surface area contributed by atoms with Crippen molar-refractivity contribution in [3.8, 4) is 9.75 Å². The smallest absolute Gasteiger partial charge is 0.144 e. The van der Waals surface area contributed by atoms with Crippen LogP contribution in [-0.4, -0.2) is 13.2 Å². The molecule has 4 heteroatoms.